The van der Waals surface area contributed by atoms with Gasteiger partial charge in [-0.3, -0.25) is 4.98 Å². The van der Waals surface area contributed by atoms with E-state index in [2.05, 4.69) is 21.4 Å². The molecule has 3 heterocycles. The molecule has 3 aromatic heterocycles. The second-order valence-electron chi connectivity index (χ2n) is 8.76. The molecular formula is C29H21N5O2S. The number of nitrogens with one attached hydrogen (secondary N) is 2. The van der Waals surface area contributed by atoms with Crippen molar-refractivity contribution in [1.29, 1.82) is 5.26 Å². The molecule has 0 bridgehead atoms. The summed E-state index contributed by atoms with van der Waals surface area (Å²) in [6.07, 6.45) is 6.63. The summed E-state index contributed by atoms with van der Waals surface area (Å²) < 4.78 is 28.7. The summed E-state index contributed by atoms with van der Waals surface area (Å²) in [4.78, 5) is 7.70. The number of benzene rings is 3. The average molecular weight is 504 g/mol. The van der Waals surface area contributed by atoms with Crippen LogP contribution >= 0.6 is 0 Å². The fraction of sp³-hybridized carbons (Fsp3) is 0.0345. The number of hydrogen-bond donors (Lipinski definition) is 2. The van der Waals surface area contributed by atoms with Crippen LogP contribution in [0.25, 0.3) is 32.9 Å². The molecule has 8 heteroatoms. The Morgan fingerprint density at radius 1 is 0.919 bits per heavy atom. The van der Waals surface area contributed by atoms with Crippen LogP contribution in [0.1, 0.15) is 11.1 Å². The predicted octanol–water partition coefficient (Wildman–Crippen LogP) is 6.35. The quantitative estimate of drug-likeness (QED) is 0.285. The van der Waals surface area contributed by atoms with E-state index in [-0.39, 0.29) is 4.90 Å². The van der Waals surface area contributed by atoms with Crippen LogP contribution in [0, 0.1) is 18.3 Å². The van der Waals surface area contributed by atoms with E-state index >= 15 is 0 Å². The second kappa shape index (κ2) is 8.66. The van der Waals surface area contributed by atoms with Crippen molar-refractivity contribution in [1.82, 2.24) is 13.9 Å². The molecule has 6 aromatic rings. The smallest absolute Gasteiger partial charge is 0.268 e. The molecule has 0 amide bonds. The number of aromatic amines is 1. The highest BCUT2D eigenvalue weighted by Gasteiger charge is 2.24. The number of rotatable bonds is 5. The molecule has 0 unspecified atom stereocenters. The summed E-state index contributed by atoms with van der Waals surface area (Å²) in [5.41, 5.74) is 5.48. The molecule has 2 N–H and O–H groups in total. The largest absolute Gasteiger partial charge is 0.361 e. The summed E-state index contributed by atoms with van der Waals surface area (Å²) >= 11 is 0. The summed E-state index contributed by atoms with van der Waals surface area (Å²) in [5, 5.41) is 15.1. The number of fused-ring (bicyclic) bond motifs is 2. The maximum Gasteiger partial charge on any atom is 0.268 e. The monoisotopic (exact) mass is 503 g/mol. The molecule has 0 aliphatic carbocycles. The summed E-state index contributed by atoms with van der Waals surface area (Å²) in [6, 6.07) is 24.1. The van der Waals surface area contributed by atoms with Gasteiger partial charge in [0.25, 0.3) is 10.0 Å². The van der Waals surface area contributed by atoms with Crippen LogP contribution in [0.15, 0.2) is 102 Å². The van der Waals surface area contributed by atoms with Crippen molar-refractivity contribution in [3.63, 3.8) is 0 Å². The van der Waals surface area contributed by atoms with E-state index < -0.39 is 10.0 Å². The fourth-order valence-electron chi connectivity index (χ4n) is 4.60. The number of H-pyrrole nitrogens is 1. The lowest BCUT2D eigenvalue weighted by molar-refractivity contribution is 0.589. The van der Waals surface area contributed by atoms with Crippen molar-refractivity contribution < 1.29 is 8.42 Å². The van der Waals surface area contributed by atoms with Crippen molar-refractivity contribution in [3.8, 4) is 17.2 Å². The van der Waals surface area contributed by atoms with Crippen molar-refractivity contribution >= 4 is 43.2 Å². The normalized spacial score (nSPS) is 11.6. The van der Waals surface area contributed by atoms with Gasteiger partial charge in [-0.2, -0.15) is 5.26 Å². The molecule has 0 aliphatic heterocycles. The lowest BCUT2D eigenvalue weighted by Gasteiger charge is -2.14. The van der Waals surface area contributed by atoms with Gasteiger partial charge in [0.15, 0.2) is 0 Å². The van der Waals surface area contributed by atoms with Crippen LogP contribution in [0.3, 0.4) is 0 Å². The Labute approximate surface area is 213 Å². The molecule has 7 nitrogen and oxygen atoms in total. The van der Waals surface area contributed by atoms with Gasteiger partial charge in [-0.25, -0.2) is 12.4 Å². The standard InChI is InChI=1S/C29H21N5O2S/c1-19-9-11-21(12-10-19)37(35,36)34-18-25(22-5-2-3-8-28(22)34)24-17-31-16-20(15-30)29(24)33-27-7-4-6-26-23(27)13-14-32-26/h2-14,16-18,32H,1H3,(H,31,33). The molecule has 180 valence electrons. The number of para-hydroxylation sites is 1. The average Bonchev–Trinajstić information content (AvgIpc) is 3.55. The van der Waals surface area contributed by atoms with E-state index in [1.807, 2.05) is 55.6 Å². The first-order valence-corrected chi connectivity index (χ1v) is 13.1. The minimum atomic E-state index is -3.87. The molecule has 0 saturated carbocycles. The Balaban J connectivity index is 1.58. The lowest BCUT2D eigenvalue weighted by atomic mass is 10.0. The van der Waals surface area contributed by atoms with Gasteiger partial charge in [0, 0.05) is 57.9 Å². The van der Waals surface area contributed by atoms with E-state index in [0.717, 1.165) is 27.5 Å². The molecule has 0 spiro atoms. The molecule has 0 saturated heterocycles. The Hall–Kier alpha value is -4.87. The van der Waals surface area contributed by atoms with Crippen LogP contribution in [0.2, 0.25) is 0 Å². The van der Waals surface area contributed by atoms with Gasteiger partial charge >= 0.3 is 0 Å². The van der Waals surface area contributed by atoms with Gasteiger partial charge in [0.2, 0.25) is 0 Å². The second-order valence-corrected chi connectivity index (χ2v) is 10.6. The number of aryl methyl sites for hydroxylation is 1. The van der Waals surface area contributed by atoms with Gasteiger partial charge in [-0.15, -0.1) is 0 Å². The zero-order valence-corrected chi connectivity index (χ0v) is 20.6. The molecule has 0 radical (unpaired) electrons. The van der Waals surface area contributed by atoms with Crippen molar-refractivity contribution in [3.05, 3.63) is 109 Å². The molecule has 37 heavy (non-hydrogen) atoms. The number of nitriles is 1. The van der Waals surface area contributed by atoms with E-state index in [0.29, 0.717) is 27.9 Å². The Kier molecular flexibility index (Phi) is 5.29. The third-order valence-electron chi connectivity index (χ3n) is 6.47. The van der Waals surface area contributed by atoms with Crippen LogP contribution in [-0.4, -0.2) is 22.4 Å². The van der Waals surface area contributed by atoms with Crippen molar-refractivity contribution in [2.75, 3.05) is 5.32 Å². The Morgan fingerprint density at radius 3 is 2.54 bits per heavy atom. The SMILES string of the molecule is Cc1ccc(S(=O)(=O)n2cc(-c3cncc(C#N)c3Nc3cccc4[nH]ccc34)c3ccccc32)cc1. The van der Waals surface area contributed by atoms with Crippen molar-refractivity contribution in [2.45, 2.75) is 11.8 Å². The van der Waals surface area contributed by atoms with Gasteiger partial charge in [-0.05, 0) is 43.3 Å². The van der Waals surface area contributed by atoms with Crippen LogP contribution in [0.5, 0.6) is 0 Å². The van der Waals surface area contributed by atoms with E-state index in [1.54, 1.807) is 42.7 Å². The van der Waals surface area contributed by atoms with Crippen LogP contribution in [0.4, 0.5) is 11.4 Å². The van der Waals surface area contributed by atoms with Gasteiger partial charge < -0.3 is 10.3 Å². The maximum absolute atomic E-state index is 13.7. The first-order valence-electron chi connectivity index (χ1n) is 11.6. The maximum atomic E-state index is 13.7. The first kappa shape index (κ1) is 22.6. The fourth-order valence-corrected chi connectivity index (χ4v) is 5.97. The number of anilines is 2. The molecule has 3 aromatic carbocycles. The molecule has 0 atom stereocenters. The zero-order chi connectivity index (χ0) is 25.6. The minimum Gasteiger partial charge on any atom is -0.361 e. The highest BCUT2D eigenvalue weighted by Crippen LogP contribution is 2.39. The van der Waals surface area contributed by atoms with Crippen molar-refractivity contribution in [2.24, 2.45) is 0 Å². The molecule has 6 rings (SSSR count). The minimum absolute atomic E-state index is 0.201. The molecular weight excluding hydrogens is 482 g/mol. The third kappa shape index (κ3) is 3.73. The van der Waals surface area contributed by atoms with E-state index in [9.17, 15) is 13.7 Å². The highest BCUT2D eigenvalue weighted by atomic mass is 32.2. The molecule has 0 aliphatic rings. The number of hydrogen-bond acceptors (Lipinski definition) is 5. The zero-order valence-electron chi connectivity index (χ0n) is 19.8. The summed E-state index contributed by atoms with van der Waals surface area (Å²) in [6.45, 7) is 1.91. The Morgan fingerprint density at radius 2 is 1.73 bits per heavy atom. The topological polar surface area (TPSA) is 104 Å². The van der Waals surface area contributed by atoms with Gasteiger partial charge in [-0.1, -0.05) is 42.0 Å². The van der Waals surface area contributed by atoms with Gasteiger partial charge in [0.05, 0.1) is 21.7 Å². The van der Waals surface area contributed by atoms with Gasteiger partial charge in [0.1, 0.15) is 6.07 Å². The van der Waals surface area contributed by atoms with Crippen LogP contribution in [-0.2, 0) is 10.0 Å². The van der Waals surface area contributed by atoms with Crippen LogP contribution < -0.4 is 5.32 Å². The molecule has 0 fully saturated rings. The van der Waals surface area contributed by atoms with E-state index in [4.69, 9.17) is 0 Å². The third-order valence-corrected chi connectivity index (χ3v) is 8.15. The predicted molar refractivity (Wildman–Crippen MR) is 145 cm³/mol. The number of pyridine rings is 1. The Bertz CT molecular complexity index is 1940. The lowest BCUT2D eigenvalue weighted by Crippen LogP contribution is -2.11. The first-order chi connectivity index (χ1) is 18.0. The summed E-state index contributed by atoms with van der Waals surface area (Å²) in [7, 11) is -3.87. The number of aromatic nitrogens is 3. The number of nitrogens with zero attached hydrogens (tertiary/aromatic N) is 3. The van der Waals surface area contributed by atoms with E-state index in [1.165, 1.54) is 10.2 Å². The highest BCUT2D eigenvalue weighted by molar-refractivity contribution is 7.90. The summed E-state index contributed by atoms with van der Waals surface area (Å²) in [5.74, 6) is 0.